The number of fused-ring (bicyclic) bond motifs is 1. The van der Waals surface area contributed by atoms with Crippen molar-refractivity contribution in [3.05, 3.63) is 49.6 Å². The van der Waals surface area contributed by atoms with Gasteiger partial charge in [0.05, 0.1) is 16.3 Å². The minimum atomic E-state index is -4.55. The van der Waals surface area contributed by atoms with Crippen LogP contribution in [0.15, 0.2) is 27.7 Å². The molecule has 3 heterocycles. The van der Waals surface area contributed by atoms with Crippen molar-refractivity contribution >= 4 is 50.6 Å². The van der Waals surface area contributed by atoms with Crippen LogP contribution in [0.5, 0.6) is 0 Å². The number of carbonyl (C=O) groups is 1. The number of aromatic nitrogens is 4. The van der Waals surface area contributed by atoms with Crippen LogP contribution in [0.2, 0.25) is 5.02 Å². The maximum atomic E-state index is 13.1. The van der Waals surface area contributed by atoms with E-state index in [1.807, 2.05) is 4.90 Å². The van der Waals surface area contributed by atoms with Gasteiger partial charge in [0.25, 0.3) is 5.56 Å². The maximum absolute atomic E-state index is 13.1. The van der Waals surface area contributed by atoms with Crippen molar-refractivity contribution in [3.8, 4) is 0 Å². The third kappa shape index (κ3) is 4.70. The minimum Gasteiger partial charge on any atom is -0.363 e. The van der Waals surface area contributed by atoms with Crippen molar-refractivity contribution in [2.75, 3.05) is 36.4 Å². The summed E-state index contributed by atoms with van der Waals surface area (Å²) in [5, 5.41) is 9.59. The zero-order valence-corrected chi connectivity index (χ0v) is 19.6. The molecule has 1 saturated heterocycles. The molecule has 0 spiro atoms. The molecule has 2 N–H and O–H groups in total. The van der Waals surface area contributed by atoms with Gasteiger partial charge >= 0.3 is 6.18 Å². The first kappa shape index (κ1) is 23.5. The van der Waals surface area contributed by atoms with Gasteiger partial charge in [-0.15, -0.1) is 5.10 Å². The van der Waals surface area contributed by atoms with Crippen LogP contribution in [-0.4, -0.2) is 51.3 Å². The van der Waals surface area contributed by atoms with E-state index in [1.54, 1.807) is 6.92 Å². The fourth-order valence-electron chi connectivity index (χ4n) is 3.69. The summed E-state index contributed by atoms with van der Waals surface area (Å²) in [5.74, 6) is -0.410. The molecular formula is C19H18BrClF3N7O2. The van der Waals surface area contributed by atoms with Gasteiger partial charge in [-0.1, -0.05) is 11.6 Å². The Kier molecular flexibility index (Phi) is 6.38. The number of halogens is 5. The van der Waals surface area contributed by atoms with E-state index in [9.17, 15) is 22.8 Å². The summed E-state index contributed by atoms with van der Waals surface area (Å²) in [7, 11) is 0. The topological polar surface area (TPSA) is 96.6 Å². The van der Waals surface area contributed by atoms with Crippen molar-refractivity contribution in [1.29, 1.82) is 0 Å². The highest BCUT2D eigenvalue weighted by Gasteiger charge is 2.31. The Morgan fingerprint density at radius 1 is 1.30 bits per heavy atom. The number of carbonyl (C=O) groups excluding carboxylic acids is 1. The van der Waals surface area contributed by atoms with E-state index in [2.05, 4.69) is 36.6 Å². The number of piperazine rings is 1. The average molecular weight is 549 g/mol. The molecule has 14 heteroatoms. The Hall–Kier alpha value is -2.64. The second kappa shape index (κ2) is 8.95. The van der Waals surface area contributed by atoms with Gasteiger partial charge in [0, 0.05) is 31.9 Å². The van der Waals surface area contributed by atoms with Gasteiger partial charge in [-0.3, -0.25) is 9.59 Å². The van der Waals surface area contributed by atoms with Crippen molar-refractivity contribution in [1.82, 2.24) is 24.5 Å². The van der Waals surface area contributed by atoms with Crippen LogP contribution < -0.4 is 21.1 Å². The molecule has 1 amide bonds. The van der Waals surface area contributed by atoms with Crippen LogP contribution in [0.4, 0.5) is 24.5 Å². The lowest BCUT2D eigenvalue weighted by Gasteiger charge is -2.30. The Morgan fingerprint density at radius 2 is 2.00 bits per heavy atom. The van der Waals surface area contributed by atoms with Crippen LogP contribution >= 0.6 is 27.5 Å². The summed E-state index contributed by atoms with van der Waals surface area (Å²) in [6, 6.07) is 2.68. The third-order valence-electron chi connectivity index (χ3n) is 5.25. The minimum absolute atomic E-state index is 0.0364. The molecule has 3 aromatic rings. The van der Waals surface area contributed by atoms with Crippen LogP contribution in [0.3, 0.4) is 0 Å². The van der Waals surface area contributed by atoms with E-state index in [-0.39, 0.29) is 33.3 Å². The number of hydrogen-bond acceptors (Lipinski definition) is 6. The average Bonchev–Trinajstić information content (AvgIpc) is 3.14. The standard InChI is InChI=1S/C19H18BrClF3N7O2/c1-10-15(29-6-4-25-5-7-29)16(33)31-18(27-17(20)28-31)30(10)9-14(32)26-13-3-2-11(8-12(13)21)19(22,23)24/h2-3,8,25H,4-7,9H2,1H3,(H,26,32). The molecule has 0 aliphatic carbocycles. The molecule has 176 valence electrons. The van der Waals surface area contributed by atoms with Gasteiger partial charge in [-0.25, -0.2) is 0 Å². The second-order valence-electron chi connectivity index (χ2n) is 7.40. The summed E-state index contributed by atoms with van der Waals surface area (Å²) < 4.78 is 41.4. The van der Waals surface area contributed by atoms with E-state index in [4.69, 9.17) is 11.6 Å². The van der Waals surface area contributed by atoms with Gasteiger partial charge in [-0.05, 0) is 41.1 Å². The number of amides is 1. The molecule has 33 heavy (non-hydrogen) atoms. The summed E-state index contributed by atoms with van der Waals surface area (Å²) in [6.45, 7) is 4.04. The highest BCUT2D eigenvalue weighted by molar-refractivity contribution is 9.10. The van der Waals surface area contributed by atoms with Gasteiger partial charge in [0.15, 0.2) is 0 Å². The molecule has 2 aromatic heterocycles. The number of hydrogen-bond donors (Lipinski definition) is 2. The van der Waals surface area contributed by atoms with Crippen LogP contribution in [0, 0.1) is 6.92 Å². The van der Waals surface area contributed by atoms with E-state index in [1.165, 1.54) is 4.57 Å². The molecule has 0 bridgehead atoms. The fourth-order valence-corrected chi connectivity index (χ4v) is 4.24. The Balaban J connectivity index is 1.68. The highest BCUT2D eigenvalue weighted by atomic mass is 79.9. The summed E-state index contributed by atoms with van der Waals surface area (Å²) in [5.41, 5.74) is -0.318. The van der Waals surface area contributed by atoms with Gasteiger partial charge < -0.3 is 20.1 Å². The lowest BCUT2D eigenvalue weighted by Crippen LogP contribution is -2.46. The second-order valence-corrected chi connectivity index (χ2v) is 8.51. The zero-order valence-electron chi connectivity index (χ0n) is 17.2. The van der Waals surface area contributed by atoms with Gasteiger partial charge in [0.1, 0.15) is 12.2 Å². The van der Waals surface area contributed by atoms with Crippen LogP contribution in [-0.2, 0) is 17.5 Å². The van der Waals surface area contributed by atoms with Crippen molar-refractivity contribution in [2.45, 2.75) is 19.6 Å². The van der Waals surface area contributed by atoms with Crippen molar-refractivity contribution < 1.29 is 18.0 Å². The number of alkyl halides is 3. The molecule has 0 radical (unpaired) electrons. The number of rotatable bonds is 4. The monoisotopic (exact) mass is 547 g/mol. The Labute approximate surface area is 198 Å². The first-order valence-corrected chi connectivity index (χ1v) is 11.0. The predicted octanol–water partition coefficient (Wildman–Crippen LogP) is 2.68. The molecule has 0 atom stereocenters. The molecule has 0 unspecified atom stereocenters. The quantitative estimate of drug-likeness (QED) is 0.521. The lowest BCUT2D eigenvalue weighted by molar-refractivity contribution is -0.137. The van der Waals surface area contributed by atoms with E-state index in [0.717, 1.165) is 22.7 Å². The molecular weight excluding hydrogens is 531 g/mol. The SMILES string of the molecule is Cc1c(N2CCNCC2)c(=O)n2nc(Br)nc2n1CC(=O)Nc1ccc(C(F)(F)F)cc1Cl. The number of anilines is 2. The highest BCUT2D eigenvalue weighted by Crippen LogP contribution is 2.33. The zero-order chi connectivity index (χ0) is 23.9. The largest absolute Gasteiger partial charge is 0.416 e. The molecule has 1 fully saturated rings. The van der Waals surface area contributed by atoms with Gasteiger partial charge in [0.2, 0.25) is 16.4 Å². The summed E-state index contributed by atoms with van der Waals surface area (Å²) in [6.07, 6.45) is -4.55. The summed E-state index contributed by atoms with van der Waals surface area (Å²) >= 11 is 9.11. The number of nitrogens with zero attached hydrogens (tertiary/aromatic N) is 5. The summed E-state index contributed by atoms with van der Waals surface area (Å²) in [4.78, 5) is 32.0. The lowest BCUT2D eigenvalue weighted by atomic mass is 10.2. The van der Waals surface area contributed by atoms with Crippen molar-refractivity contribution in [2.24, 2.45) is 0 Å². The number of nitrogens with one attached hydrogen (secondary N) is 2. The molecule has 1 aromatic carbocycles. The first-order chi connectivity index (χ1) is 15.6. The third-order valence-corrected chi connectivity index (χ3v) is 5.90. The predicted molar refractivity (Wildman–Crippen MR) is 120 cm³/mol. The molecule has 9 nitrogen and oxygen atoms in total. The molecule has 1 aliphatic heterocycles. The van der Waals surface area contributed by atoms with Crippen LogP contribution in [0.25, 0.3) is 5.78 Å². The Bertz CT molecular complexity index is 1290. The first-order valence-electron chi connectivity index (χ1n) is 9.84. The fraction of sp³-hybridized carbons (Fsp3) is 0.368. The molecule has 1 aliphatic rings. The molecule has 0 saturated carbocycles. The van der Waals surface area contributed by atoms with Gasteiger partial charge in [-0.2, -0.15) is 22.7 Å². The maximum Gasteiger partial charge on any atom is 0.416 e. The smallest absolute Gasteiger partial charge is 0.363 e. The van der Waals surface area contributed by atoms with Crippen molar-refractivity contribution in [3.63, 3.8) is 0 Å². The normalized spacial score (nSPS) is 14.7. The van der Waals surface area contributed by atoms with E-state index in [0.29, 0.717) is 37.6 Å². The number of benzene rings is 1. The van der Waals surface area contributed by atoms with E-state index >= 15 is 0 Å². The molecule has 4 rings (SSSR count). The Morgan fingerprint density at radius 3 is 2.64 bits per heavy atom. The van der Waals surface area contributed by atoms with E-state index < -0.39 is 17.6 Å². The van der Waals surface area contributed by atoms with Crippen LogP contribution in [0.1, 0.15) is 11.3 Å².